The lowest BCUT2D eigenvalue weighted by molar-refractivity contribution is 0.450. The molecule has 0 saturated heterocycles. The number of benzene rings is 2. The minimum absolute atomic E-state index is 0.174. The molecule has 0 atom stereocenters. The van der Waals surface area contributed by atoms with Gasteiger partial charge in [0.1, 0.15) is 0 Å². The molecule has 2 aromatic carbocycles. The molecule has 0 spiro atoms. The normalized spacial score (nSPS) is 12.9. The summed E-state index contributed by atoms with van der Waals surface area (Å²) in [4.78, 5) is 3.68. The Hall–Kier alpha value is -1.76. The van der Waals surface area contributed by atoms with Crippen LogP contribution in [0.2, 0.25) is 0 Å². The minimum Gasteiger partial charge on any atom is -0.354 e. The Bertz CT molecular complexity index is 865. The molecule has 1 radical (unpaired) electrons. The highest BCUT2D eigenvalue weighted by molar-refractivity contribution is 6.07. The SMILES string of the molecule is CCCCCC(C)(C)c1[c]c2[nH]c3cc(C(C)(C)CCCCC)ccc3c2cc1. The van der Waals surface area contributed by atoms with Gasteiger partial charge in [-0.15, -0.1) is 0 Å². The highest BCUT2D eigenvalue weighted by Crippen LogP contribution is 2.36. The van der Waals surface area contributed by atoms with E-state index in [0.717, 1.165) is 5.52 Å². The number of hydrogen-bond donors (Lipinski definition) is 1. The summed E-state index contributed by atoms with van der Waals surface area (Å²) < 4.78 is 0. The summed E-state index contributed by atoms with van der Waals surface area (Å²) in [6.45, 7) is 14.0. The van der Waals surface area contributed by atoms with E-state index < -0.39 is 0 Å². The zero-order valence-corrected chi connectivity index (χ0v) is 19.5. The van der Waals surface area contributed by atoms with E-state index in [1.54, 1.807) is 0 Å². The van der Waals surface area contributed by atoms with Crippen molar-refractivity contribution in [2.24, 2.45) is 0 Å². The summed E-state index contributed by atoms with van der Waals surface area (Å²) in [5.41, 5.74) is 5.56. The van der Waals surface area contributed by atoms with E-state index in [4.69, 9.17) is 0 Å². The highest BCUT2D eigenvalue weighted by atomic mass is 14.7. The van der Waals surface area contributed by atoms with Gasteiger partial charge in [-0.2, -0.15) is 0 Å². The van der Waals surface area contributed by atoms with E-state index in [9.17, 15) is 0 Å². The standard InChI is InChI=1S/C28H40N/c1-7-9-11-17-27(3,4)21-13-15-23-24-16-14-22(20-26(24)29-25(23)19-21)28(5,6)18-12-10-8-2/h13-16,19,29H,7-12,17-18H2,1-6H3. The lowest BCUT2D eigenvalue weighted by Gasteiger charge is -2.25. The first-order valence-corrected chi connectivity index (χ1v) is 11.8. The summed E-state index contributed by atoms with van der Waals surface area (Å²) in [6, 6.07) is 15.3. The van der Waals surface area contributed by atoms with Crippen molar-refractivity contribution in [2.45, 2.75) is 104 Å². The quantitative estimate of drug-likeness (QED) is 0.333. The van der Waals surface area contributed by atoms with Crippen LogP contribution in [0.3, 0.4) is 0 Å². The molecule has 0 fully saturated rings. The van der Waals surface area contributed by atoms with Crippen LogP contribution < -0.4 is 0 Å². The molecule has 0 saturated carbocycles. The van der Waals surface area contributed by atoms with Crippen LogP contribution in [0.25, 0.3) is 21.8 Å². The van der Waals surface area contributed by atoms with Crippen molar-refractivity contribution in [3.63, 3.8) is 0 Å². The van der Waals surface area contributed by atoms with Crippen LogP contribution in [0.15, 0.2) is 30.3 Å². The third-order valence-electron chi connectivity index (χ3n) is 6.84. The largest absolute Gasteiger partial charge is 0.354 e. The van der Waals surface area contributed by atoms with Gasteiger partial charge in [-0.25, -0.2) is 0 Å². The molecule has 157 valence electrons. The van der Waals surface area contributed by atoms with E-state index in [2.05, 4.69) is 82.9 Å². The van der Waals surface area contributed by atoms with E-state index >= 15 is 0 Å². The van der Waals surface area contributed by atoms with E-state index in [0.29, 0.717) is 0 Å². The fourth-order valence-electron chi connectivity index (χ4n) is 4.56. The Kier molecular flexibility index (Phi) is 6.76. The van der Waals surface area contributed by atoms with E-state index in [1.165, 1.54) is 78.8 Å². The van der Waals surface area contributed by atoms with Crippen LogP contribution in [0, 0.1) is 6.07 Å². The van der Waals surface area contributed by atoms with Gasteiger partial charge in [0.2, 0.25) is 0 Å². The van der Waals surface area contributed by atoms with Crippen molar-refractivity contribution in [2.75, 3.05) is 0 Å². The third-order valence-corrected chi connectivity index (χ3v) is 6.84. The molecule has 0 amide bonds. The number of fused-ring (bicyclic) bond motifs is 3. The molecule has 0 unspecified atom stereocenters. The van der Waals surface area contributed by atoms with Crippen LogP contribution in [-0.4, -0.2) is 4.98 Å². The van der Waals surface area contributed by atoms with Gasteiger partial charge in [-0.3, -0.25) is 0 Å². The van der Waals surface area contributed by atoms with Crippen molar-refractivity contribution < 1.29 is 0 Å². The van der Waals surface area contributed by atoms with Crippen LogP contribution >= 0.6 is 0 Å². The van der Waals surface area contributed by atoms with Crippen LogP contribution in [0.5, 0.6) is 0 Å². The maximum atomic E-state index is 3.73. The molecule has 0 aliphatic rings. The molecule has 0 bridgehead atoms. The van der Waals surface area contributed by atoms with E-state index in [1.807, 2.05) is 0 Å². The van der Waals surface area contributed by atoms with Crippen LogP contribution in [-0.2, 0) is 10.8 Å². The number of rotatable bonds is 10. The van der Waals surface area contributed by atoms with Gasteiger partial charge >= 0.3 is 0 Å². The number of aromatic amines is 1. The smallest absolute Gasteiger partial charge is 0.0548 e. The second-order valence-electron chi connectivity index (χ2n) is 10.2. The Balaban J connectivity index is 1.91. The van der Waals surface area contributed by atoms with Gasteiger partial charge in [-0.05, 0) is 40.9 Å². The van der Waals surface area contributed by atoms with Gasteiger partial charge in [0.05, 0.1) is 5.52 Å². The Morgan fingerprint density at radius 2 is 1.38 bits per heavy atom. The summed E-state index contributed by atoms with van der Waals surface area (Å²) in [5.74, 6) is 0. The summed E-state index contributed by atoms with van der Waals surface area (Å²) in [6.07, 6.45) is 10.3. The fourth-order valence-corrected chi connectivity index (χ4v) is 4.56. The van der Waals surface area contributed by atoms with Crippen molar-refractivity contribution >= 4 is 21.8 Å². The highest BCUT2D eigenvalue weighted by Gasteiger charge is 2.23. The molecular weight excluding hydrogens is 350 g/mol. The van der Waals surface area contributed by atoms with Crippen molar-refractivity contribution in [3.05, 3.63) is 47.5 Å². The average molecular weight is 391 g/mol. The molecule has 3 rings (SSSR count). The number of hydrogen-bond acceptors (Lipinski definition) is 0. The first kappa shape index (κ1) is 21.9. The average Bonchev–Trinajstić information content (AvgIpc) is 3.05. The zero-order valence-electron chi connectivity index (χ0n) is 19.5. The Morgan fingerprint density at radius 1 is 0.759 bits per heavy atom. The molecule has 1 aromatic heterocycles. The number of H-pyrrole nitrogens is 1. The van der Waals surface area contributed by atoms with Gasteiger partial charge < -0.3 is 4.98 Å². The molecule has 29 heavy (non-hydrogen) atoms. The monoisotopic (exact) mass is 390 g/mol. The molecule has 3 aromatic rings. The Morgan fingerprint density at radius 3 is 2.03 bits per heavy atom. The topological polar surface area (TPSA) is 15.8 Å². The second kappa shape index (κ2) is 8.94. The van der Waals surface area contributed by atoms with Crippen molar-refractivity contribution in [1.29, 1.82) is 0 Å². The molecule has 0 aliphatic heterocycles. The molecule has 1 heteroatoms. The first-order chi connectivity index (χ1) is 13.8. The van der Waals surface area contributed by atoms with Crippen molar-refractivity contribution in [1.82, 2.24) is 4.98 Å². The number of aromatic nitrogens is 1. The zero-order chi connectivity index (χ0) is 21.1. The van der Waals surface area contributed by atoms with E-state index in [-0.39, 0.29) is 10.8 Å². The predicted octanol–water partition coefficient (Wildman–Crippen LogP) is 8.84. The van der Waals surface area contributed by atoms with Gasteiger partial charge in [0, 0.05) is 22.4 Å². The van der Waals surface area contributed by atoms with Crippen molar-refractivity contribution in [3.8, 4) is 0 Å². The second-order valence-corrected chi connectivity index (χ2v) is 10.2. The first-order valence-electron chi connectivity index (χ1n) is 11.8. The maximum absolute atomic E-state index is 3.73. The minimum atomic E-state index is 0.174. The summed E-state index contributed by atoms with van der Waals surface area (Å²) in [5, 5.41) is 2.61. The molecular formula is C28H40N. The number of unbranched alkanes of at least 4 members (excludes halogenated alkanes) is 4. The third kappa shape index (κ3) is 4.87. The van der Waals surface area contributed by atoms with Gasteiger partial charge in [0.15, 0.2) is 0 Å². The molecule has 0 aliphatic carbocycles. The maximum Gasteiger partial charge on any atom is 0.0548 e. The lowest BCUT2D eigenvalue weighted by atomic mass is 9.79. The predicted molar refractivity (Wildman–Crippen MR) is 129 cm³/mol. The van der Waals surface area contributed by atoms with Crippen LogP contribution in [0.4, 0.5) is 0 Å². The summed E-state index contributed by atoms with van der Waals surface area (Å²) >= 11 is 0. The summed E-state index contributed by atoms with van der Waals surface area (Å²) in [7, 11) is 0. The molecule has 1 N–H and O–H groups in total. The van der Waals surface area contributed by atoms with Crippen LogP contribution in [0.1, 0.15) is 104 Å². The molecule has 1 nitrogen and oxygen atoms in total. The van der Waals surface area contributed by atoms with Gasteiger partial charge in [-0.1, -0.05) is 104 Å². The number of nitrogens with one attached hydrogen (secondary N) is 1. The van der Waals surface area contributed by atoms with Gasteiger partial charge in [0.25, 0.3) is 0 Å². The fraction of sp³-hybridized carbons (Fsp3) is 0.571. The Labute approximate surface area is 178 Å². The lowest BCUT2D eigenvalue weighted by Crippen LogP contribution is -2.17. The molecule has 1 heterocycles.